The molecular formula is C19H19F3N2O4S. The van der Waals surface area contributed by atoms with Crippen molar-refractivity contribution in [2.24, 2.45) is 0 Å². The van der Waals surface area contributed by atoms with E-state index in [1.54, 1.807) is 18.2 Å². The number of carbonyl (C=O) groups excluding carboxylic acids is 1. The molecule has 1 heterocycles. The van der Waals surface area contributed by atoms with Crippen molar-refractivity contribution in [2.75, 3.05) is 26.3 Å². The summed E-state index contributed by atoms with van der Waals surface area (Å²) in [4.78, 5) is 12.4. The van der Waals surface area contributed by atoms with Gasteiger partial charge in [-0.25, -0.2) is 8.42 Å². The van der Waals surface area contributed by atoms with Gasteiger partial charge in [-0.1, -0.05) is 24.3 Å². The monoisotopic (exact) mass is 428 g/mol. The maximum Gasteiger partial charge on any atom is 0.416 e. The molecular weight excluding hydrogens is 409 g/mol. The highest BCUT2D eigenvalue weighted by Gasteiger charge is 2.31. The largest absolute Gasteiger partial charge is 0.416 e. The third-order valence-corrected chi connectivity index (χ3v) is 6.45. The number of nitrogens with one attached hydrogen (secondary N) is 1. The van der Waals surface area contributed by atoms with Crippen molar-refractivity contribution >= 4 is 15.9 Å². The number of rotatable bonds is 5. The highest BCUT2D eigenvalue weighted by Crippen LogP contribution is 2.29. The molecule has 0 saturated carbocycles. The molecule has 0 unspecified atom stereocenters. The van der Waals surface area contributed by atoms with Gasteiger partial charge >= 0.3 is 6.18 Å². The normalized spacial score (nSPS) is 15.8. The second-order valence-corrected chi connectivity index (χ2v) is 8.29. The van der Waals surface area contributed by atoms with Crippen molar-refractivity contribution in [3.63, 3.8) is 0 Å². The number of halogens is 3. The van der Waals surface area contributed by atoms with Crippen LogP contribution in [-0.4, -0.2) is 44.9 Å². The van der Waals surface area contributed by atoms with Gasteiger partial charge in [-0.05, 0) is 29.8 Å². The van der Waals surface area contributed by atoms with Crippen LogP contribution in [0.5, 0.6) is 0 Å². The maximum atomic E-state index is 12.9. The molecule has 3 rings (SSSR count). The van der Waals surface area contributed by atoms with E-state index < -0.39 is 27.7 Å². The van der Waals surface area contributed by atoms with Crippen molar-refractivity contribution in [1.29, 1.82) is 0 Å². The van der Waals surface area contributed by atoms with E-state index >= 15 is 0 Å². The number of morpholine rings is 1. The lowest BCUT2D eigenvalue weighted by atomic mass is 10.1. The predicted octanol–water partition coefficient (Wildman–Crippen LogP) is 2.66. The third-order valence-electron chi connectivity index (χ3n) is 4.45. The van der Waals surface area contributed by atoms with Crippen LogP contribution in [-0.2, 0) is 27.5 Å². The van der Waals surface area contributed by atoms with E-state index in [-0.39, 0.29) is 30.1 Å². The van der Waals surface area contributed by atoms with Gasteiger partial charge in [-0.3, -0.25) is 4.79 Å². The van der Waals surface area contributed by atoms with Crippen molar-refractivity contribution in [2.45, 2.75) is 17.6 Å². The quantitative estimate of drug-likeness (QED) is 0.795. The summed E-state index contributed by atoms with van der Waals surface area (Å²) in [5, 5.41) is 2.50. The fraction of sp³-hybridized carbons (Fsp3) is 0.316. The Morgan fingerprint density at radius 1 is 1.07 bits per heavy atom. The summed E-state index contributed by atoms with van der Waals surface area (Å²) < 4.78 is 70.8. The molecule has 0 aromatic heterocycles. The topological polar surface area (TPSA) is 75.7 Å². The molecule has 0 aliphatic carbocycles. The number of hydrogen-bond donors (Lipinski definition) is 1. The van der Waals surface area contributed by atoms with E-state index in [0.717, 1.165) is 18.2 Å². The van der Waals surface area contributed by atoms with Gasteiger partial charge in [0.1, 0.15) is 0 Å². The van der Waals surface area contributed by atoms with E-state index in [4.69, 9.17) is 4.74 Å². The van der Waals surface area contributed by atoms with Gasteiger partial charge in [0.05, 0.1) is 23.7 Å². The molecule has 1 aliphatic rings. The lowest BCUT2D eigenvalue weighted by Crippen LogP contribution is -2.41. The van der Waals surface area contributed by atoms with Gasteiger partial charge in [0.25, 0.3) is 5.91 Å². The first-order valence-corrected chi connectivity index (χ1v) is 10.2. The van der Waals surface area contributed by atoms with E-state index in [9.17, 15) is 26.4 Å². The van der Waals surface area contributed by atoms with Crippen LogP contribution in [0.1, 0.15) is 21.5 Å². The van der Waals surface area contributed by atoms with Crippen LogP contribution in [0.3, 0.4) is 0 Å². The number of ether oxygens (including phenoxy) is 1. The zero-order valence-electron chi connectivity index (χ0n) is 15.3. The summed E-state index contributed by atoms with van der Waals surface area (Å²) in [7, 11) is -3.78. The van der Waals surface area contributed by atoms with Gasteiger partial charge in [-0.2, -0.15) is 17.5 Å². The molecule has 0 spiro atoms. The number of sulfonamides is 1. The lowest BCUT2D eigenvalue weighted by Gasteiger charge is -2.27. The fourth-order valence-corrected chi connectivity index (χ4v) is 4.57. The Hall–Kier alpha value is -2.43. The standard InChI is InChI=1S/C19H19F3N2O4S/c20-19(21,22)16-6-3-5-14(12-16)18(25)23-13-15-4-1-2-7-17(15)29(26,27)24-8-10-28-11-9-24/h1-7,12H,8-11,13H2,(H,23,25). The molecule has 1 saturated heterocycles. The molecule has 1 N–H and O–H groups in total. The summed E-state index contributed by atoms with van der Waals surface area (Å²) in [5.74, 6) is -0.727. The molecule has 0 radical (unpaired) electrons. The first-order chi connectivity index (χ1) is 13.7. The Labute approximate surface area is 166 Å². The predicted molar refractivity (Wildman–Crippen MR) is 98.6 cm³/mol. The van der Waals surface area contributed by atoms with E-state index in [1.807, 2.05) is 0 Å². The number of carbonyl (C=O) groups is 1. The van der Waals surface area contributed by atoms with E-state index in [1.165, 1.54) is 16.4 Å². The Morgan fingerprint density at radius 3 is 2.45 bits per heavy atom. The Morgan fingerprint density at radius 2 is 1.76 bits per heavy atom. The number of hydrogen-bond acceptors (Lipinski definition) is 4. The zero-order valence-corrected chi connectivity index (χ0v) is 16.1. The Bertz CT molecular complexity index is 987. The summed E-state index contributed by atoms with van der Waals surface area (Å²) in [6.07, 6.45) is -4.56. The average molecular weight is 428 g/mol. The van der Waals surface area contributed by atoms with Crippen LogP contribution < -0.4 is 5.32 Å². The van der Waals surface area contributed by atoms with Crippen molar-refractivity contribution in [3.05, 3.63) is 65.2 Å². The molecule has 1 fully saturated rings. The first kappa shape index (κ1) is 21.3. The second kappa shape index (κ2) is 8.52. The molecule has 1 amide bonds. The van der Waals surface area contributed by atoms with Crippen LogP contribution >= 0.6 is 0 Å². The summed E-state index contributed by atoms with van der Waals surface area (Å²) in [6.45, 7) is 0.913. The first-order valence-electron chi connectivity index (χ1n) is 8.81. The van der Waals surface area contributed by atoms with E-state index in [0.29, 0.717) is 18.8 Å². The minimum Gasteiger partial charge on any atom is -0.379 e. The molecule has 0 atom stereocenters. The van der Waals surface area contributed by atoms with Crippen LogP contribution in [0.4, 0.5) is 13.2 Å². The van der Waals surface area contributed by atoms with Gasteiger partial charge in [0, 0.05) is 25.2 Å². The molecule has 2 aromatic rings. The Kier molecular flexibility index (Phi) is 6.25. The third kappa shape index (κ3) is 4.95. The molecule has 156 valence electrons. The minimum absolute atomic E-state index is 0.0474. The van der Waals surface area contributed by atoms with Gasteiger partial charge < -0.3 is 10.1 Å². The van der Waals surface area contributed by atoms with Crippen molar-refractivity contribution in [1.82, 2.24) is 9.62 Å². The van der Waals surface area contributed by atoms with Crippen molar-refractivity contribution in [3.8, 4) is 0 Å². The summed E-state index contributed by atoms with van der Waals surface area (Å²) in [6, 6.07) is 10.2. The molecule has 2 aromatic carbocycles. The highest BCUT2D eigenvalue weighted by molar-refractivity contribution is 7.89. The van der Waals surface area contributed by atoms with Gasteiger partial charge in [-0.15, -0.1) is 0 Å². The smallest absolute Gasteiger partial charge is 0.379 e. The Balaban J connectivity index is 1.77. The average Bonchev–Trinajstić information content (AvgIpc) is 2.72. The van der Waals surface area contributed by atoms with Gasteiger partial charge in [0.15, 0.2) is 0 Å². The zero-order chi connectivity index (χ0) is 21.1. The van der Waals surface area contributed by atoms with Crippen molar-refractivity contribution < 1.29 is 31.1 Å². The highest BCUT2D eigenvalue weighted by atomic mass is 32.2. The number of amides is 1. The number of benzene rings is 2. The van der Waals surface area contributed by atoms with Crippen LogP contribution in [0.2, 0.25) is 0 Å². The van der Waals surface area contributed by atoms with Gasteiger partial charge in [0.2, 0.25) is 10.0 Å². The molecule has 10 heteroatoms. The minimum atomic E-state index is -4.56. The molecule has 1 aliphatic heterocycles. The molecule has 29 heavy (non-hydrogen) atoms. The van der Waals surface area contributed by atoms with Crippen LogP contribution in [0.25, 0.3) is 0 Å². The number of nitrogens with zero attached hydrogens (tertiary/aromatic N) is 1. The summed E-state index contributed by atoms with van der Waals surface area (Å²) in [5.41, 5.74) is -0.742. The molecule has 6 nitrogen and oxygen atoms in total. The second-order valence-electron chi connectivity index (χ2n) is 6.39. The van der Waals surface area contributed by atoms with Crippen LogP contribution in [0, 0.1) is 0 Å². The fourth-order valence-electron chi connectivity index (χ4n) is 2.94. The molecule has 0 bridgehead atoms. The van der Waals surface area contributed by atoms with E-state index in [2.05, 4.69) is 5.32 Å². The van der Waals surface area contributed by atoms with Crippen LogP contribution in [0.15, 0.2) is 53.4 Å². The SMILES string of the molecule is O=C(NCc1ccccc1S(=O)(=O)N1CCOCC1)c1cccc(C(F)(F)F)c1. The maximum absolute atomic E-state index is 12.9. The number of alkyl halides is 3. The lowest BCUT2D eigenvalue weighted by molar-refractivity contribution is -0.137. The summed E-state index contributed by atoms with van der Waals surface area (Å²) >= 11 is 0.